The van der Waals surface area contributed by atoms with Gasteiger partial charge in [0, 0.05) is 25.0 Å². The Kier molecular flexibility index (Phi) is 5.13. The lowest BCUT2D eigenvalue weighted by Crippen LogP contribution is -2.35. The number of rotatable bonds is 4. The maximum atomic E-state index is 12.4. The van der Waals surface area contributed by atoms with E-state index in [1.165, 1.54) is 11.3 Å². The van der Waals surface area contributed by atoms with Crippen LogP contribution >= 0.6 is 11.3 Å². The van der Waals surface area contributed by atoms with Crippen molar-refractivity contribution in [3.8, 4) is 5.75 Å². The molecule has 1 saturated heterocycles. The quantitative estimate of drug-likeness (QED) is 0.889. The van der Waals surface area contributed by atoms with Crippen LogP contribution in [-0.2, 0) is 11.3 Å². The Bertz CT molecular complexity index is 739. The maximum absolute atomic E-state index is 12.4. The minimum Gasteiger partial charge on any atom is -0.507 e. The van der Waals surface area contributed by atoms with Gasteiger partial charge in [-0.2, -0.15) is 0 Å². The molecule has 0 spiro atoms. The normalized spacial score (nSPS) is 15.4. The smallest absolute Gasteiger partial charge is 0.261 e. The van der Waals surface area contributed by atoms with E-state index in [0.717, 1.165) is 49.7 Å². The number of thiazole rings is 1. The van der Waals surface area contributed by atoms with E-state index in [1.807, 2.05) is 18.4 Å². The van der Waals surface area contributed by atoms with Crippen LogP contribution in [0.1, 0.15) is 27.2 Å². The number of phenols is 1. The molecular formula is C17H21N3O3S. The third-order valence-corrected chi connectivity index (χ3v) is 5.01. The number of benzene rings is 1. The molecule has 2 heterocycles. The lowest BCUT2D eigenvalue weighted by Gasteiger charge is -2.25. The fourth-order valence-corrected chi connectivity index (χ4v) is 3.27. The Hall–Kier alpha value is -1.96. The fraction of sp³-hybridized carbons (Fsp3) is 0.412. The van der Waals surface area contributed by atoms with Crippen LogP contribution < -0.4 is 5.32 Å². The number of nitrogens with one attached hydrogen (secondary N) is 1. The second kappa shape index (κ2) is 7.29. The molecule has 128 valence electrons. The van der Waals surface area contributed by atoms with Gasteiger partial charge >= 0.3 is 0 Å². The lowest BCUT2D eigenvalue weighted by molar-refractivity contribution is 0.0337. The van der Waals surface area contributed by atoms with E-state index in [0.29, 0.717) is 5.13 Å². The van der Waals surface area contributed by atoms with Gasteiger partial charge in [-0.05, 0) is 31.0 Å². The van der Waals surface area contributed by atoms with Crippen molar-refractivity contribution in [1.29, 1.82) is 0 Å². The predicted molar refractivity (Wildman–Crippen MR) is 93.7 cm³/mol. The number of nitrogens with zero attached hydrogens (tertiary/aromatic N) is 2. The number of carbonyl (C=O) groups is 1. The zero-order valence-electron chi connectivity index (χ0n) is 13.8. The minimum atomic E-state index is -0.345. The second-order valence-electron chi connectivity index (χ2n) is 5.89. The highest BCUT2D eigenvalue weighted by molar-refractivity contribution is 7.14. The molecular weight excluding hydrogens is 326 g/mol. The van der Waals surface area contributed by atoms with Gasteiger partial charge in [0.2, 0.25) is 0 Å². The molecule has 1 aliphatic rings. The van der Waals surface area contributed by atoms with Gasteiger partial charge in [-0.25, -0.2) is 4.98 Å². The number of aryl methyl sites for hydroxylation is 1. The van der Waals surface area contributed by atoms with Crippen LogP contribution in [0.5, 0.6) is 5.75 Å². The average Bonchev–Trinajstić information content (AvgIpc) is 3.00. The van der Waals surface area contributed by atoms with E-state index >= 15 is 0 Å². The molecule has 6 nitrogen and oxygen atoms in total. The number of carbonyl (C=O) groups excluding carboxylic acids is 1. The molecule has 0 bridgehead atoms. The first-order valence-electron chi connectivity index (χ1n) is 7.89. The molecule has 0 unspecified atom stereocenters. The van der Waals surface area contributed by atoms with Crippen molar-refractivity contribution in [2.45, 2.75) is 20.4 Å². The summed E-state index contributed by atoms with van der Waals surface area (Å²) in [5, 5.41) is 15.4. The van der Waals surface area contributed by atoms with Crippen molar-refractivity contribution < 1.29 is 14.6 Å². The van der Waals surface area contributed by atoms with Crippen LogP contribution in [0.2, 0.25) is 0 Å². The number of hydrogen-bond donors (Lipinski definition) is 2. The Labute approximate surface area is 145 Å². The highest BCUT2D eigenvalue weighted by Gasteiger charge is 2.17. The molecule has 0 radical (unpaired) electrons. The summed E-state index contributed by atoms with van der Waals surface area (Å²) in [5.74, 6) is -0.319. The summed E-state index contributed by atoms with van der Waals surface area (Å²) in [5.41, 5.74) is 2.87. The van der Waals surface area contributed by atoms with E-state index in [1.54, 1.807) is 13.0 Å². The number of morpholine rings is 1. The average molecular weight is 347 g/mol. The number of anilines is 1. The van der Waals surface area contributed by atoms with Crippen LogP contribution in [0, 0.1) is 13.8 Å². The number of aromatic nitrogens is 1. The number of phenolic OH excluding ortho intramolecular Hbond substituents is 1. The topological polar surface area (TPSA) is 74.7 Å². The first kappa shape index (κ1) is 16.9. The highest BCUT2D eigenvalue weighted by atomic mass is 32.1. The van der Waals surface area contributed by atoms with Crippen LogP contribution in [-0.4, -0.2) is 47.2 Å². The first-order valence-corrected chi connectivity index (χ1v) is 8.77. The predicted octanol–water partition coefficient (Wildman–Crippen LogP) is 2.55. The molecule has 0 saturated carbocycles. The zero-order chi connectivity index (χ0) is 17.1. The third kappa shape index (κ3) is 3.75. The number of amides is 1. The summed E-state index contributed by atoms with van der Waals surface area (Å²) in [4.78, 5) is 19.1. The molecule has 0 aliphatic carbocycles. The Morgan fingerprint density at radius 2 is 2.12 bits per heavy atom. The number of hydrogen-bond acceptors (Lipinski definition) is 6. The first-order chi connectivity index (χ1) is 11.5. The van der Waals surface area contributed by atoms with Crippen molar-refractivity contribution in [3.63, 3.8) is 0 Å². The standard InChI is InChI=1S/C17H21N3O3S/c1-11-3-4-14(15(21)12(11)2)16(22)19-17-18-13(10-24-17)9-20-5-7-23-8-6-20/h3-4,10,21H,5-9H2,1-2H3,(H,18,19,22). The SMILES string of the molecule is Cc1ccc(C(=O)Nc2nc(CN3CCOCC3)cs2)c(O)c1C. The molecule has 1 aliphatic heterocycles. The van der Waals surface area contributed by atoms with Crippen molar-refractivity contribution >= 4 is 22.4 Å². The second-order valence-corrected chi connectivity index (χ2v) is 6.75. The van der Waals surface area contributed by atoms with Gasteiger partial charge in [0.25, 0.3) is 5.91 Å². The van der Waals surface area contributed by atoms with Gasteiger partial charge in [0.05, 0.1) is 24.5 Å². The molecule has 24 heavy (non-hydrogen) atoms. The summed E-state index contributed by atoms with van der Waals surface area (Å²) in [6.45, 7) is 7.75. The molecule has 7 heteroatoms. The molecule has 1 aromatic heterocycles. The Balaban J connectivity index is 1.66. The third-order valence-electron chi connectivity index (χ3n) is 4.21. The molecule has 1 aromatic carbocycles. The Morgan fingerprint density at radius 1 is 1.38 bits per heavy atom. The van der Waals surface area contributed by atoms with E-state index in [2.05, 4.69) is 15.2 Å². The summed E-state index contributed by atoms with van der Waals surface area (Å²) in [7, 11) is 0. The summed E-state index contributed by atoms with van der Waals surface area (Å²) in [6.07, 6.45) is 0. The molecule has 2 N–H and O–H groups in total. The summed E-state index contributed by atoms with van der Waals surface area (Å²) >= 11 is 1.39. The van der Waals surface area contributed by atoms with E-state index in [9.17, 15) is 9.90 Å². The van der Waals surface area contributed by atoms with Gasteiger partial charge in [-0.15, -0.1) is 11.3 Å². The van der Waals surface area contributed by atoms with E-state index in [4.69, 9.17) is 4.74 Å². The lowest BCUT2D eigenvalue weighted by atomic mass is 10.0. The molecule has 2 aromatic rings. The van der Waals surface area contributed by atoms with E-state index in [-0.39, 0.29) is 17.2 Å². The van der Waals surface area contributed by atoms with Gasteiger partial charge in [0.1, 0.15) is 5.75 Å². The van der Waals surface area contributed by atoms with Crippen molar-refractivity contribution in [1.82, 2.24) is 9.88 Å². The van der Waals surface area contributed by atoms with Gasteiger partial charge in [-0.3, -0.25) is 15.0 Å². The number of aromatic hydroxyl groups is 1. The highest BCUT2D eigenvalue weighted by Crippen LogP contribution is 2.26. The monoisotopic (exact) mass is 347 g/mol. The summed E-state index contributed by atoms with van der Waals surface area (Å²) < 4.78 is 5.33. The molecule has 3 rings (SSSR count). The molecule has 0 atom stereocenters. The van der Waals surface area contributed by atoms with Gasteiger partial charge < -0.3 is 9.84 Å². The largest absolute Gasteiger partial charge is 0.507 e. The zero-order valence-corrected chi connectivity index (χ0v) is 14.7. The molecule has 1 fully saturated rings. The Morgan fingerprint density at radius 3 is 2.88 bits per heavy atom. The summed E-state index contributed by atoms with van der Waals surface area (Å²) in [6, 6.07) is 3.46. The van der Waals surface area contributed by atoms with Gasteiger partial charge in [-0.1, -0.05) is 6.07 Å². The van der Waals surface area contributed by atoms with Crippen molar-refractivity contribution in [2.75, 3.05) is 31.6 Å². The van der Waals surface area contributed by atoms with Crippen molar-refractivity contribution in [2.24, 2.45) is 0 Å². The van der Waals surface area contributed by atoms with Crippen molar-refractivity contribution in [3.05, 3.63) is 39.9 Å². The van der Waals surface area contributed by atoms with Crippen LogP contribution in [0.4, 0.5) is 5.13 Å². The molecule has 1 amide bonds. The van der Waals surface area contributed by atoms with Crippen LogP contribution in [0.15, 0.2) is 17.5 Å². The van der Waals surface area contributed by atoms with Crippen LogP contribution in [0.3, 0.4) is 0 Å². The fourth-order valence-electron chi connectivity index (χ4n) is 2.57. The minimum absolute atomic E-state index is 0.0256. The van der Waals surface area contributed by atoms with Crippen LogP contribution in [0.25, 0.3) is 0 Å². The van der Waals surface area contributed by atoms with E-state index < -0.39 is 0 Å². The van der Waals surface area contributed by atoms with Gasteiger partial charge in [0.15, 0.2) is 5.13 Å². The number of ether oxygens (including phenoxy) is 1. The maximum Gasteiger partial charge on any atom is 0.261 e.